The lowest BCUT2D eigenvalue weighted by Crippen LogP contribution is -2.09. The second-order valence-electron chi connectivity index (χ2n) is 2.36. The number of aromatic nitrogens is 2. The standard InChI is InChI=1S/C7H9F3N2O/c1-2-13-5-12-4-3-6(11-12)7(8,9)10/h3-4H,2,5H2,1H3. The van der Waals surface area contributed by atoms with Crippen LogP contribution in [0.15, 0.2) is 12.3 Å². The van der Waals surface area contributed by atoms with Crippen molar-refractivity contribution in [3.8, 4) is 0 Å². The van der Waals surface area contributed by atoms with Crippen molar-refractivity contribution < 1.29 is 17.9 Å². The summed E-state index contributed by atoms with van der Waals surface area (Å²) in [5, 5.41) is 3.29. The van der Waals surface area contributed by atoms with E-state index in [1.54, 1.807) is 6.92 Å². The Morgan fingerprint density at radius 1 is 1.54 bits per heavy atom. The van der Waals surface area contributed by atoms with Gasteiger partial charge in [0.25, 0.3) is 0 Å². The maximum absolute atomic E-state index is 12.0. The number of halogens is 3. The number of alkyl halides is 3. The molecular formula is C7H9F3N2O. The quantitative estimate of drug-likeness (QED) is 0.734. The molecule has 0 unspecified atom stereocenters. The van der Waals surface area contributed by atoms with Gasteiger partial charge in [0.1, 0.15) is 6.73 Å². The summed E-state index contributed by atoms with van der Waals surface area (Å²) in [4.78, 5) is 0. The normalized spacial score (nSPS) is 12.0. The minimum absolute atomic E-state index is 0.0482. The van der Waals surface area contributed by atoms with Crippen LogP contribution in [0.4, 0.5) is 13.2 Å². The van der Waals surface area contributed by atoms with Crippen LogP contribution in [0.5, 0.6) is 0 Å². The van der Waals surface area contributed by atoms with Crippen LogP contribution in [0.1, 0.15) is 12.6 Å². The Morgan fingerprint density at radius 2 is 2.23 bits per heavy atom. The zero-order chi connectivity index (χ0) is 9.90. The van der Waals surface area contributed by atoms with E-state index in [-0.39, 0.29) is 6.73 Å². The summed E-state index contributed by atoms with van der Waals surface area (Å²) in [6, 6.07) is 0.916. The number of ether oxygens (including phenoxy) is 1. The molecule has 0 saturated carbocycles. The van der Waals surface area contributed by atoms with Gasteiger partial charge in [-0.1, -0.05) is 0 Å². The molecule has 74 valence electrons. The second-order valence-corrected chi connectivity index (χ2v) is 2.36. The molecule has 0 aliphatic carbocycles. The summed E-state index contributed by atoms with van der Waals surface area (Å²) in [7, 11) is 0. The van der Waals surface area contributed by atoms with Crippen molar-refractivity contribution in [1.82, 2.24) is 9.78 Å². The molecule has 0 spiro atoms. The van der Waals surface area contributed by atoms with Crippen LogP contribution in [-0.4, -0.2) is 16.4 Å². The number of hydrogen-bond donors (Lipinski definition) is 0. The summed E-state index contributed by atoms with van der Waals surface area (Å²) >= 11 is 0. The van der Waals surface area contributed by atoms with Crippen molar-refractivity contribution in [1.29, 1.82) is 0 Å². The molecule has 0 radical (unpaired) electrons. The molecule has 1 aromatic rings. The average Bonchev–Trinajstić information content (AvgIpc) is 2.47. The molecule has 1 heterocycles. The van der Waals surface area contributed by atoms with E-state index in [2.05, 4.69) is 5.10 Å². The molecule has 0 saturated heterocycles. The first-order valence-corrected chi connectivity index (χ1v) is 3.72. The SMILES string of the molecule is CCOCn1ccc(C(F)(F)F)n1. The zero-order valence-corrected chi connectivity index (χ0v) is 7.01. The minimum Gasteiger partial charge on any atom is -0.360 e. The third-order valence-electron chi connectivity index (χ3n) is 1.36. The first kappa shape index (κ1) is 10.0. The molecule has 0 N–H and O–H groups in total. The van der Waals surface area contributed by atoms with Crippen LogP contribution >= 0.6 is 0 Å². The van der Waals surface area contributed by atoms with Gasteiger partial charge in [-0.15, -0.1) is 0 Å². The maximum Gasteiger partial charge on any atom is 0.435 e. The predicted molar refractivity (Wildman–Crippen MR) is 38.9 cm³/mol. The fraction of sp³-hybridized carbons (Fsp3) is 0.571. The van der Waals surface area contributed by atoms with Crippen LogP contribution < -0.4 is 0 Å². The van der Waals surface area contributed by atoms with Crippen molar-refractivity contribution in [2.24, 2.45) is 0 Å². The summed E-state index contributed by atoms with van der Waals surface area (Å²) < 4.78 is 42.0. The van der Waals surface area contributed by atoms with Crippen molar-refractivity contribution >= 4 is 0 Å². The molecule has 0 aromatic carbocycles. The van der Waals surface area contributed by atoms with Crippen molar-refractivity contribution in [2.75, 3.05) is 6.61 Å². The molecule has 0 atom stereocenters. The predicted octanol–water partition coefficient (Wildman–Crippen LogP) is 1.90. The first-order valence-electron chi connectivity index (χ1n) is 3.72. The minimum atomic E-state index is -4.38. The fourth-order valence-electron chi connectivity index (χ4n) is 0.770. The zero-order valence-electron chi connectivity index (χ0n) is 7.01. The van der Waals surface area contributed by atoms with Gasteiger partial charge in [0, 0.05) is 12.8 Å². The fourth-order valence-corrected chi connectivity index (χ4v) is 0.770. The Kier molecular flexibility index (Phi) is 2.92. The molecule has 1 aromatic heterocycles. The Hall–Kier alpha value is -1.04. The summed E-state index contributed by atoms with van der Waals surface area (Å²) in [6.45, 7) is 2.25. The molecule has 0 aliphatic heterocycles. The lowest BCUT2D eigenvalue weighted by Gasteiger charge is -2.02. The highest BCUT2D eigenvalue weighted by Crippen LogP contribution is 2.27. The molecule has 0 fully saturated rings. The number of rotatable bonds is 3. The average molecular weight is 194 g/mol. The van der Waals surface area contributed by atoms with Gasteiger partial charge in [-0.2, -0.15) is 18.3 Å². The smallest absolute Gasteiger partial charge is 0.360 e. The first-order chi connectivity index (χ1) is 6.04. The van der Waals surface area contributed by atoms with E-state index in [1.807, 2.05) is 0 Å². The van der Waals surface area contributed by atoms with Gasteiger partial charge >= 0.3 is 6.18 Å². The summed E-state index contributed by atoms with van der Waals surface area (Å²) in [6.07, 6.45) is -3.14. The van der Waals surface area contributed by atoms with Crippen molar-refractivity contribution in [2.45, 2.75) is 19.8 Å². The molecule has 0 bridgehead atoms. The molecule has 0 amide bonds. The van der Waals surface area contributed by atoms with Crippen LogP contribution in [0.25, 0.3) is 0 Å². The molecule has 1 rings (SSSR count). The Bertz CT molecular complexity index is 269. The Balaban J connectivity index is 2.64. The van der Waals surface area contributed by atoms with Gasteiger partial charge < -0.3 is 4.74 Å². The van der Waals surface area contributed by atoms with E-state index in [4.69, 9.17) is 4.74 Å². The second kappa shape index (κ2) is 3.78. The highest BCUT2D eigenvalue weighted by Gasteiger charge is 2.33. The topological polar surface area (TPSA) is 27.1 Å². The molecular weight excluding hydrogens is 185 g/mol. The van der Waals surface area contributed by atoms with E-state index < -0.39 is 11.9 Å². The van der Waals surface area contributed by atoms with Crippen LogP contribution in [0.3, 0.4) is 0 Å². The number of hydrogen-bond acceptors (Lipinski definition) is 2. The van der Waals surface area contributed by atoms with Gasteiger partial charge in [-0.25, -0.2) is 4.68 Å². The molecule has 3 nitrogen and oxygen atoms in total. The Labute approximate surface area is 73.1 Å². The molecule has 0 aliphatic rings. The van der Waals surface area contributed by atoms with Gasteiger partial charge in [0.15, 0.2) is 5.69 Å². The highest BCUT2D eigenvalue weighted by molar-refractivity contribution is 5.02. The van der Waals surface area contributed by atoms with E-state index >= 15 is 0 Å². The maximum atomic E-state index is 12.0. The Morgan fingerprint density at radius 3 is 2.69 bits per heavy atom. The number of nitrogens with zero attached hydrogens (tertiary/aromatic N) is 2. The van der Waals surface area contributed by atoms with Gasteiger partial charge in [0.2, 0.25) is 0 Å². The van der Waals surface area contributed by atoms with Gasteiger partial charge in [0.05, 0.1) is 0 Å². The highest BCUT2D eigenvalue weighted by atomic mass is 19.4. The lowest BCUT2D eigenvalue weighted by atomic mass is 10.4. The van der Waals surface area contributed by atoms with Crippen molar-refractivity contribution in [3.05, 3.63) is 18.0 Å². The van der Waals surface area contributed by atoms with Crippen LogP contribution in [0, 0.1) is 0 Å². The van der Waals surface area contributed by atoms with E-state index in [9.17, 15) is 13.2 Å². The van der Waals surface area contributed by atoms with Gasteiger partial charge in [-0.05, 0) is 13.0 Å². The van der Waals surface area contributed by atoms with Crippen molar-refractivity contribution in [3.63, 3.8) is 0 Å². The third-order valence-corrected chi connectivity index (χ3v) is 1.36. The van der Waals surface area contributed by atoms with E-state index in [0.717, 1.165) is 10.7 Å². The lowest BCUT2D eigenvalue weighted by molar-refractivity contribution is -0.141. The van der Waals surface area contributed by atoms with Crippen LogP contribution in [0.2, 0.25) is 0 Å². The molecule has 13 heavy (non-hydrogen) atoms. The monoisotopic (exact) mass is 194 g/mol. The van der Waals surface area contributed by atoms with E-state index in [1.165, 1.54) is 6.20 Å². The van der Waals surface area contributed by atoms with Crippen LogP contribution in [-0.2, 0) is 17.6 Å². The largest absolute Gasteiger partial charge is 0.435 e. The molecule has 6 heteroatoms. The summed E-state index contributed by atoms with van der Waals surface area (Å²) in [5.41, 5.74) is -0.896. The van der Waals surface area contributed by atoms with Gasteiger partial charge in [-0.3, -0.25) is 0 Å². The summed E-state index contributed by atoms with van der Waals surface area (Å²) in [5.74, 6) is 0. The third kappa shape index (κ3) is 2.73. The van der Waals surface area contributed by atoms with E-state index in [0.29, 0.717) is 6.61 Å².